The number of para-hydroxylation sites is 1. The topological polar surface area (TPSA) is 79.3 Å². The van der Waals surface area contributed by atoms with Crippen molar-refractivity contribution in [2.24, 2.45) is 0 Å². The first-order chi connectivity index (χ1) is 10.9. The van der Waals surface area contributed by atoms with Crippen molar-refractivity contribution in [2.75, 3.05) is 0 Å². The number of benzene rings is 1. The van der Waals surface area contributed by atoms with Crippen LogP contribution in [-0.2, 0) is 4.79 Å². The van der Waals surface area contributed by atoms with Gasteiger partial charge in [0.2, 0.25) is 0 Å². The van der Waals surface area contributed by atoms with E-state index < -0.39 is 11.5 Å². The Morgan fingerprint density at radius 2 is 1.87 bits per heavy atom. The van der Waals surface area contributed by atoms with Crippen LogP contribution in [0.1, 0.15) is 49.2 Å². The van der Waals surface area contributed by atoms with Crippen LogP contribution in [0.2, 0.25) is 0 Å². The number of nitrogens with one attached hydrogen (secondary N) is 1. The van der Waals surface area contributed by atoms with Gasteiger partial charge in [-0.1, -0.05) is 32.0 Å². The fourth-order valence-corrected chi connectivity index (χ4v) is 2.75. The highest BCUT2D eigenvalue weighted by atomic mass is 16.4. The minimum Gasteiger partial charge on any atom is -0.481 e. The van der Waals surface area contributed by atoms with Gasteiger partial charge in [0.15, 0.2) is 0 Å². The molecule has 1 aromatic carbocycles. The Hall–Kier alpha value is -2.43. The number of hydrogen-bond donors (Lipinski definition) is 2. The molecule has 5 heteroatoms. The molecule has 0 unspecified atom stereocenters. The Bertz CT molecular complexity index is 736. The fourth-order valence-electron chi connectivity index (χ4n) is 2.75. The molecule has 122 valence electrons. The van der Waals surface area contributed by atoms with Crippen LogP contribution in [0.4, 0.5) is 0 Å². The lowest BCUT2D eigenvalue weighted by Gasteiger charge is -2.31. The largest absolute Gasteiger partial charge is 0.481 e. The Labute approximate surface area is 135 Å². The lowest BCUT2D eigenvalue weighted by molar-refractivity contribution is -0.138. The number of aliphatic carboxylic acids is 1. The molecule has 2 aromatic rings. The first-order valence-corrected chi connectivity index (χ1v) is 7.81. The lowest BCUT2D eigenvalue weighted by atomic mass is 9.88. The van der Waals surface area contributed by atoms with E-state index in [1.165, 1.54) is 0 Å². The predicted octanol–water partition coefficient (Wildman–Crippen LogP) is 3.31. The van der Waals surface area contributed by atoms with Crippen LogP contribution in [0, 0.1) is 6.92 Å². The molecule has 5 nitrogen and oxygen atoms in total. The third-order valence-electron chi connectivity index (χ3n) is 4.33. The highest BCUT2D eigenvalue weighted by molar-refractivity contribution is 6.05. The highest BCUT2D eigenvalue weighted by Gasteiger charge is 2.31. The molecular formula is C18H22N2O3. The summed E-state index contributed by atoms with van der Waals surface area (Å²) < 4.78 is 0. The van der Waals surface area contributed by atoms with E-state index in [2.05, 4.69) is 10.3 Å². The van der Waals surface area contributed by atoms with Gasteiger partial charge in [-0.2, -0.15) is 0 Å². The molecule has 0 spiro atoms. The summed E-state index contributed by atoms with van der Waals surface area (Å²) in [6, 6.07) is 9.27. The Kier molecular flexibility index (Phi) is 4.98. The van der Waals surface area contributed by atoms with Crippen molar-refractivity contribution < 1.29 is 14.7 Å². The summed E-state index contributed by atoms with van der Waals surface area (Å²) in [5.41, 5.74) is 1.21. The fraction of sp³-hybridized carbons (Fsp3) is 0.389. The molecule has 0 atom stereocenters. The number of fused-ring (bicyclic) bond motifs is 1. The molecule has 0 aliphatic carbocycles. The summed E-state index contributed by atoms with van der Waals surface area (Å²) in [7, 11) is 0. The zero-order valence-corrected chi connectivity index (χ0v) is 13.7. The van der Waals surface area contributed by atoms with E-state index in [9.17, 15) is 9.59 Å². The number of amides is 1. The van der Waals surface area contributed by atoms with Crippen molar-refractivity contribution in [3.8, 4) is 0 Å². The van der Waals surface area contributed by atoms with Crippen LogP contribution in [0.25, 0.3) is 10.9 Å². The highest BCUT2D eigenvalue weighted by Crippen LogP contribution is 2.23. The molecule has 0 aliphatic rings. The van der Waals surface area contributed by atoms with Crippen molar-refractivity contribution in [2.45, 2.75) is 45.6 Å². The van der Waals surface area contributed by atoms with Crippen LogP contribution in [0.3, 0.4) is 0 Å². The number of rotatable bonds is 6. The van der Waals surface area contributed by atoms with E-state index in [1.807, 2.05) is 45.0 Å². The molecule has 1 amide bonds. The number of hydrogen-bond acceptors (Lipinski definition) is 3. The molecular weight excluding hydrogens is 292 g/mol. The van der Waals surface area contributed by atoms with Crippen molar-refractivity contribution in [3.05, 3.63) is 41.6 Å². The van der Waals surface area contributed by atoms with Gasteiger partial charge in [0.25, 0.3) is 5.91 Å². The smallest absolute Gasteiger partial charge is 0.305 e. The van der Waals surface area contributed by atoms with Crippen LogP contribution < -0.4 is 5.32 Å². The maximum Gasteiger partial charge on any atom is 0.305 e. The molecule has 2 N–H and O–H groups in total. The molecule has 0 saturated carbocycles. The van der Waals surface area contributed by atoms with E-state index in [0.29, 0.717) is 23.9 Å². The third-order valence-corrected chi connectivity index (χ3v) is 4.33. The van der Waals surface area contributed by atoms with Crippen molar-refractivity contribution >= 4 is 22.8 Å². The van der Waals surface area contributed by atoms with Gasteiger partial charge in [-0.15, -0.1) is 0 Å². The first-order valence-electron chi connectivity index (χ1n) is 7.81. The summed E-state index contributed by atoms with van der Waals surface area (Å²) in [5.74, 6) is -1.19. The SMILES string of the molecule is CCC(CC)(CC(=O)O)NC(=O)c1cccc2ccc(C)nc12. The zero-order valence-electron chi connectivity index (χ0n) is 13.7. The van der Waals surface area contributed by atoms with Crippen molar-refractivity contribution in [1.29, 1.82) is 0 Å². The van der Waals surface area contributed by atoms with Gasteiger partial charge in [0.05, 0.1) is 23.0 Å². The first kappa shape index (κ1) is 16.9. The third kappa shape index (κ3) is 3.67. The van der Waals surface area contributed by atoms with Crippen molar-refractivity contribution in [3.63, 3.8) is 0 Å². The average molecular weight is 314 g/mol. The number of aryl methyl sites for hydroxylation is 1. The van der Waals surface area contributed by atoms with Crippen LogP contribution in [0.5, 0.6) is 0 Å². The number of pyridine rings is 1. The Balaban J connectivity index is 2.40. The normalized spacial score (nSPS) is 11.4. The summed E-state index contributed by atoms with van der Waals surface area (Å²) in [6.07, 6.45) is 1.01. The van der Waals surface area contributed by atoms with Crippen LogP contribution in [-0.4, -0.2) is 27.5 Å². The van der Waals surface area contributed by atoms with E-state index in [-0.39, 0.29) is 12.3 Å². The number of aromatic nitrogens is 1. The number of nitrogens with zero attached hydrogens (tertiary/aromatic N) is 1. The lowest BCUT2D eigenvalue weighted by Crippen LogP contribution is -2.49. The van der Waals surface area contributed by atoms with Gasteiger partial charge in [-0.3, -0.25) is 14.6 Å². The molecule has 23 heavy (non-hydrogen) atoms. The minimum absolute atomic E-state index is 0.0943. The summed E-state index contributed by atoms with van der Waals surface area (Å²) in [5, 5.41) is 13.0. The number of carbonyl (C=O) groups excluding carboxylic acids is 1. The van der Waals surface area contributed by atoms with E-state index in [1.54, 1.807) is 6.07 Å². The van der Waals surface area contributed by atoms with Gasteiger partial charge in [-0.25, -0.2) is 0 Å². The maximum atomic E-state index is 12.7. The van der Waals surface area contributed by atoms with Crippen LogP contribution >= 0.6 is 0 Å². The molecule has 1 aromatic heterocycles. The summed E-state index contributed by atoms with van der Waals surface area (Å²) in [6.45, 7) is 5.65. The minimum atomic E-state index is -0.916. The average Bonchev–Trinajstić information content (AvgIpc) is 2.52. The van der Waals surface area contributed by atoms with Crippen molar-refractivity contribution in [1.82, 2.24) is 10.3 Å². The molecule has 0 bridgehead atoms. The summed E-state index contributed by atoms with van der Waals surface area (Å²) >= 11 is 0. The Morgan fingerprint density at radius 1 is 1.17 bits per heavy atom. The number of carboxylic acids is 1. The zero-order chi connectivity index (χ0) is 17.0. The maximum absolute atomic E-state index is 12.7. The van der Waals surface area contributed by atoms with Gasteiger partial charge < -0.3 is 10.4 Å². The summed E-state index contributed by atoms with van der Waals surface area (Å²) in [4.78, 5) is 28.3. The van der Waals surface area contributed by atoms with Gasteiger partial charge in [0.1, 0.15) is 0 Å². The molecule has 0 saturated heterocycles. The van der Waals surface area contributed by atoms with E-state index >= 15 is 0 Å². The monoisotopic (exact) mass is 314 g/mol. The number of carbonyl (C=O) groups is 2. The second kappa shape index (κ2) is 6.77. The standard InChI is InChI=1S/C18H22N2O3/c1-4-18(5-2,11-15(21)22)20-17(23)14-8-6-7-13-10-9-12(3)19-16(13)14/h6-10H,4-5,11H2,1-3H3,(H,20,23)(H,21,22). The molecule has 1 heterocycles. The molecule has 2 rings (SSSR count). The predicted molar refractivity (Wildman–Crippen MR) is 89.5 cm³/mol. The molecule has 0 radical (unpaired) electrons. The van der Waals surface area contributed by atoms with Gasteiger partial charge >= 0.3 is 5.97 Å². The van der Waals surface area contributed by atoms with E-state index in [0.717, 1.165) is 11.1 Å². The Morgan fingerprint density at radius 3 is 2.48 bits per heavy atom. The van der Waals surface area contributed by atoms with Crippen LogP contribution in [0.15, 0.2) is 30.3 Å². The molecule has 0 fully saturated rings. The quantitative estimate of drug-likeness (QED) is 0.857. The molecule has 0 aliphatic heterocycles. The number of carboxylic acid groups (broad SMARTS) is 1. The van der Waals surface area contributed by atoms with Gasteiger partial charge in [-0.05, 0) is 31.9 Å². The van der Waals surface area contributed by atoms with E-state index in [4.69, 9.17) is 5.11 Å². The second-order valence-electron chi connectivity index (χ2n) is 5.84. The second-order valence-corrected chi connectivity index (χ2v) is 5.84. The van der Waals surface area contributed by atoms with Gasteiger partial charge in [0, 0.05) is 11.1 Å².